The number of ether oxygens (including phenoxy) is 1. The summed E-state index contributed by atoms with van der Waals surface area (Å²) in [5, 5.41) is 17.9. The molecule has 0 fully saturated rings. The van der Waals surface area contributed by atoms with E-state index in [1.165, 1.54) is 23.6 Å². The number of imidazole rings is 1. The van der Waals surface area contributed by atoms with Crippen molar-refractivity contribution in [2.75, 3.05) is 7.11 Å². The molecule has 2 heterocycles. The summed E-state index contributed by atoms with van der Waals surface area (Å²) in [7, 11) is 1.34. The van der Waals surface area contributed by atoms with E-state index in [1.807, 2.05) is 0 Å². The highest BCUT2D eigenvalue weighted by Gasteiger charge is 2.18. The molecule has 0 aromatic carbocycles. The molecule has 2 N–H and O–H groups in total. The van der Waals surface area contributed by atoms with E-state index in [2.05, 4.69) is 4.98 Å². The number of pyridine rings is 1. The molecule has 0 bridgehead atoms. The molecule has 88 valence electrons. The Labute approximate surface area is 94.9 Å². The van der Waals surface area contributed by atoms with E-state index < -0.39 is 11.9 Å². The standard InChI is InChI=1S/C10H8N2O5/c1-17-6-2-3-7-11-5(9(13)14)4-12(7)8(6)10(15)16/h2-4H,1H3,(H,13,14)(H,15,16). The zero-order valence-electron chi connectivity index (χ0n) is 8.75. The lowest BCUT2D eigenvalue weighted by Crippen LogP contribution is -2.07. The molecule has 0 atom stereocenters. The van der Waals surface area contributed by atoms with Gasteiger partial charge in [0, 0.05) is 6.20 Å². The Morgan fingerprint density at radius 3 is 2.53 bits per heavy atom. The molecule has 7 nitrogen and oxygen atoms in total. The molecule has 2 aromatic rings. The van der Waals surface area contributed by atoms with Crippen LogP contribution in [-0.2, 0) is 0 Å². The van der Waals surface area contributed by atoms with Crippen molar-refractivity contribution in [1.82, 2.24) is 9.38 Å². The first-order valence-electron chi connectivity index (χ1n) is 4.57. The van der Waals surface area contributed by atoms with Gasteiger partial charge >= 0.3 is 11.9 Å². The summed E-state index contributed by atoms with van der Waals surface area (Å²) in [5.41, 5.74) is -0.147. The third-order valence-electron chi connectivity index (χ3n) is 2.23. The molecular formula is C10H8N2O5. The quantitative estimate of drug-likeness (QED) is 0.814. The molecule has 0 spiro atoms. The zero-order valence-corrected chi connectivity index (χ0v) is 8.75. The van der Waals surface area contributed by atoms with Crippen LogP contribution in [0, 0.1) is 0 Å². The highest BCUT2D eigenvalue weighted by atomic mass is 16.5. The fourth-order valence-electron chi connectivity index (χ4n) is 1.52. The maximum atomic E-state index is 11.1. The van der Waals surface area contributed by atoms with E-state index >= 15 is 0 Å². The van der Waals surface area contributed by atoms with Gasteiger partial charge in [-0.1, -0.05) is 0 Å². The zero-order chi connectivity index (χ0) is 12.6. The lowest BCUT2D eigenvalue weighted by Gasteiger charge is -2.06. The Bertz CT molecular complexity index is 616. The second-order valence-electron chi connectivity index (χ2n) is 3.21. The van der Waals surface area contributed by atoms with Crippen LogP contribution in [0.25, 0.3) is 5.65 Å². The van der Waals surface area contributed by atoms with Crippen molar-refractivity contribution in [3.05, 3.63) is 29.7 Å². The van der Waals surface area contributed by atoms with E-state index in [9.17, 15) is 9.59 Å². The van der Waals surface area contributed by atoms with Gasteiger partial charge in [-0.25, -0.2) is 14.6 Å². The van der Waals surface area contributed by atoms with Crippen LogP contribution < -0.4 is 4.74 Å². The Morgan fingerprint density at radius 1 is 1.29 bits per heavy atom. The molecule has 0 saturated heterocycles. The SMILES string of the molecule is COc1ccc2nc(C(=O)O)cn2c1C(=O)O. The van der Waals surface area contributed by atoms with Gasteiger partial charge < -0.3 is 14.9 Å². The number of nitrogens with zero attached hydrogens (tertiary/aromatic N) is 2. The maximum absolute atomic E-state index is 11.1. The summed E-state index contributed by atoms with van der Waals surface area (Å²) in [6, 6.07) is 2.91. The van der Waals surface area contributed by atoms with Crippen molar-refractivity contribution < 1.29 is 24.5 Å². The molecule has 0 radical (unpaired) electrons. The summed E-state index contributed by atoms with van der Waals surface area (Å²) in [6.45, 7) is 0. The highest BCUT2D eigenvalue weighted by molar-refractivity contribution is 5.91. The van der Waals surface area contributed by atoms with E-state index in [0.717, 1.165) is 6.20 Å². The van der Waals surface area contributed by atoms with Crippen LogP contribution in [-0.4, -0.2) is 38.6 Å². The molecule has 0 aliphatic rings. The van der Waals surface area contributed by atoms with Crippen LogP contribution in [0.5, 0.6) is 5.75 Å². The first-order chi connectivity index (χ1) is 8.04. The third kappa shape index (κ3) is 1.67. The van der Waals surface area contributed by atoms with Gasteiger partial charge in [0.05, 0.1) is 7.11 Å². The summed E-state index contributed by atoms with van der Waals surface area (Å²) in [5.74, 6) is -2.30. The molecule has 0 amide bonds. The second kappa shape index (κ2) is 3.78. The van der Waals surface area contributed by atoms with Crippen LogP contribution in [0.1, 0.15) is 21.0 Å². The predicted octanol–water partition coefficient (Wildman–Crippen LogP) is 0.739. The number of carboxylic acids is 2. The average Bonchev–Trinajstić information content (AvgIpc) is 2.70. The van der Waals surface area contributed by atoms with Gasteiger partial charge in [-0.15, -0.1) is 0 Å². The number of fused-ring (bicyclic) bond motifs is 1. The predicted molar refractivity (Wildman–Crippen MR) is 55.7 cm³/mol. The third-order valence-corrected chi connectivity index (χ3v) is 2.23. The first kappa shape index (κ1) is 10.9. The fourth-order valence-corrected chi connectivity index (χ4v) is 1.52. The van der Waals surface area contributed by atoms with Gasteiger partial charge in [0.15, 0.2) is 17.1 Å². The maximum Gasteiger partial charge on any atom is 0.356 e. The first-order valence-corrected chi connectivity index (χ1v) is 4.57. The summed E-state index contributed by atoms with van der Waals surface area (Å²) in [6.07, 6.45) is 1.14. The van der Waals surface area contributed by atoms with Crippen LogP contribution >= 0.6 is 0 Å². The minimum Gasteiger partial charge on any atom is -0.494 e. The van der Waals surface area contributed by atoms with E-state index in [1.54, 1.807) is 0 Å². The molecule has 0 aliphatic heterocycles. The number of hydrogen-bond acceptors (Lipinski definition) is 4. The van der Waals surface area contributed by atoms with Crippen molar-refractivity contribution >= 4 is 17.6 Å². The number of methoxy groups -OCH3 is 1. The van der Waals surface area contributed by atoms with Crippen molar-refractivity contribution in [2.24, 2.45) is 0 Å². The van der Waals surface area contributed by atoms with Gasteiger partial charge in [-0.2, -0.15) is 0 Å². The molecule has 0 unspecified atom stereocenters. The van der Waals surface area contributed by atoms with Gasteiger partial charge in [-0.05, 0) is 12.1 Å². The smallest absolute Gasteiger partial charge is 0.356 e. The van der Waals surface area contributed by atoms with Crippen molar-refractivity contribution in [1.29, 1.82) is 0 Å². The number of aromatic nitrogens is 2. The number of carbonyl (C=O) groups is 2. The van der Waals surface area contributed by atoms with Crippen molar-refractivity contribution in [3.8, 4) is 5.75 Å². The van der Waals surface area contributed by atoms with E-state index in [4.69, 9.17) is 14.9 Å². The normalized spacial score (nSPS) is 10.4. The molecule has 0 aliphatic carbocycles. The number of hydrogen-bond donors (Lipinski definition) is 2. The lowest BCUT2D eigenvalue weighted by atomic mass is 10.3. The topological polar surface area (TPSA) is 101 Å². The van der Waals surface area contributed by atoms with E-state index in [0.29, 0.717) is 0 Å². The Hall–Kier alpha value is -2.57. The number of aromatic carboxylic acids is 2. The number of carboxylic acid groups (broad SMARTS) is 2. The largest absolute Gasteiger partial charge is 0.494 e. The Morgan fingerprint density at radius 2 is 2.00 bits per heavy atom. The molecular weight excluding hydrogens is 228 g/mol. The van der Waals surface area contributed by atoms with Gasteiger partial charge in [0.2, 0.25) is 0 Å². The molecule has 7 heteroatoms. The number of rotatable bonds is 3. The monoisotopic (exact) mass is 236 g/mol. The van der Waals surface area contributed by atoms with Crippen molar-refractivity contribution in [2.45, 2.75) is 0 Å². The van der Waals surface area contributed by atoms with Crippen LogP contribution in [0.4, 0.5) is 0 Å². The molecule has 2 rings (SSSR count). The van der Waals surface area contributed by atoms with Crippen LogP contribution in [0.2, 0.25) is 0 Å². The molecule has 2 aromatic heterocycles. The van der Waals surface area contributed by atoms with Gasteiger partial charge in [-0.3, -0.25) is 4.40 Å². The fraction of sp³-hybridized carbons (Fsp3) is 0.100. The van der Waals surface area contributed by atoms with Crippen molar-refractivity contribution in [3.63, 3.8) is 0 Å². The summed E-state index contributed by atoms with van der Waals surface area (Å²) < 4.78 is 6.08. The second-order valence-corrected chi connectivity index (χ2v) is 3.21. The minimum absolute atomic E-state index is 0.138. The van der Waals surface area contributed by atoms with Gasteiger partial charge in [0.25, 0.3) is 0 Å². The Kier molecular flexibility index (Phi) is 2.43. The molecule has 17 heavy (non-hydrogen) atoms. The summed E-state index contributed by atoms with van der Waals surface area (Å²) in [4.78, 5) is 25.6. The van der Waals surface area contributed by atoms with Gasteiger partial charge in [0.1, 0.15) is 5.65 Å². The van der Waals surface area contributed by atoms with Crippen LogP contribution in [0.3, 0.4) is 0 Å². The minimum atomic E-state index is -1.22. The lowest BCUT2D eigenvalue weighted by molar-refractivity contribution is 0.0673. The average molecular weight is 236 g/mol. The van der Waals surface area contributed by atoms with E-state index in [-0.39, 0.29) is 22.8 Å². The van der Waals surface area contributed by atoms with Crippen LogP contribution in [0.15, 0.2) is 18.3 Å². The summed E-state index contributed by atoms with van der Waals surface area (Å²) >= 11 is 0. The Balaban J connectivity index is 2.80. The highest BCUT2D eigenvalue weighted by Crippen LogP contribution is 2.20. The molecule has 0 saturated carbocycles.